The summed E-state index contributed by atoms with van der Waals surface area (Å²) in [7, 11) is 0. The topological polar surface area (TPSA) is 46.2 Å². The highest BCUT2D eigenvalue weighted by Gasteiger charge is 2.31. The maximum absolute atomic E-state index is 10.8. The Bertz CT molecular complexity index is 870. The van der Waals surface area contributed by atoms with Crippen LogP contribution in [0.5, 0.6) is 0 Å². The van der Waals surface area contributed by atoms with Gasteiger partial charge in [-0.25, -0.2) is 0 Å². The molecule has 0 aliphatic heterocycles. The molecule has 1 fully saturated rings. The number of rotatable bonds is 6. The van der Waals surface area contributed by atoms with Crippen molar-refractivity contribution in [3.05, 3.63) is 70.3 Å². The fourth-order valence-corrected chi connectivity index (χ4v) is 4.94. The van der Waals surface area contributed by atoms with Gasteiger partial charge in [-0.1, -0.05) is 75.6 Å². The van der Waals surface area contributed by atoms with E-state index in [1.54, 1.807) is 0 Å². The summed E-state index contributed by atoms with van der Waals surface area (Å²) in [6.07, 6.45) is 11.5. The van der Waals surface area contributed by atoms with E-state index in [0.29, 0.717) is 0 Å². The molecule has 2 aromatic carbocycles. The van der Waals surface area contributed by atoms with Gasteiger partial charge in [-0.3, -0.25) is 0 Å². The predicted octanol–water partition coefficient (Wildman–Crippen LogP) is 6.70. The summed E-state index contributed by atoms with van der Waals surface area (Å²) >= 11 is 0. The Morgan fingerprint density at radius 3 is 2.07 bits per heavy atom. The SMILES string of the molecule is CCC(CC)(c1ccc(N)c(C)c1)c1ccc(/C=C/C2(O)CCCCC2)c(C)c1. The van der Waals surface area contributed by atoms with Crippen molar-refractivity contribution >= 4 is 11.8 Å². The van der Waals surface area contributed by atoms with E-state index < -0.39 is 5.60 Å². The Hall–Kier alpha value is -2.06. The van der Waals surface area contributed by atoms with E-state index in [2.05, 4.69) is 64.1 Å². The van der Waals surface area contributed by atoms with Crippen molar-refractivity contribution in [1.29, 1.82) is 0 Å². The second-order valence-electron chi connectivity index (χ2n) is 8.93. The van der Waals surface area contributed by atoms with Crippen LogP contribution in [0.2, 0.25) is 0 Å². The molecule has 156 valence electrons. The number of aliphatic hydroxyl groups is 1. The Morgan fingerprint density at radius 1 is 0.931 bits per heavy atom. The van der Waals surface area contributed by atoms with Gasteiger partial charge in [0.1, 0.15) is 0 Å². The minimum absolute atomic E-state index is 0.00691. The van der Waals surface area contributed by atoms with Crippen LogP contribution in [0, 0.1) is 13.8 Å². The largest absolute Gasteiger partial charge is 0.399 e. The molecule has 0 unspecified atom stereocenters. The van der Waals surface area contributed by atoms with Crippen molar-refractivity contribution in [1.82, 2.24) is 0 Å². The lowest BCUT2D eigenvalue weighted by molar-refractivity contribution is 0.0521. The molecule has 3 N–H and O–H groups in total. The van der Waals surface area contributed by atoms with Crippen LogP contribution in [-0.4, -0.2) is 10.7 Å². The Kier molecular flexibility index (Phi) is 6.53. The van der Waals surface area contributed by atoms with Crippen LogP contribution in [0.25, 0.3) is 6.08 Å². The van der Waals surface area contributed by atoms with E-state index in [9.17, 15) is 5.11 Å². The highest BCUT2D eigenvalue weighted by molar-refractivity contribution is 5.58. The molecule has 0 amide bonds. The van der Waals surface area contributed by atoms with Gasteiger partial charge in [0.25, 0.3) is 0 Å². The lowest BCUT2D eigenvalue weighted by Crippen LogP contribution is -2.28. The summed E-state index contributed by atoms with van der Waals surface area (Å²) in [5.74, 6) is 0. The highest BCUT2D eigenvalue weighted by atomic mass is 16.3. The molecule has 2 aromatic rings. The summed E-state index contributed by atoms with van der Waals surface area (Å²) in [5, 5.41) is 10.8. The maximum Gasteiger partial charge on any atom is 0.0830 e. The van der Waals surface area contributed by atoms with Gasteiger partial charge in [-0.15, -0.1) is 0 Å². The number of benzene rings is 2. The minimum atomic E-state index is -0.624. The van der Waals surface area contributed by atoms with Crippen molar-refractivity contribution in [2.75, 3.05) is 5.73 Å². The Morgan fingerprint density at radius 2 is 1.52 bits per heavy atom. The van der Waals surface area contributed by atoms with Crippen LogP contribution >= 0.6 is 0 Å². The van der Waals surface area contributed by atoms with Crippen molar-refractivity contribution in [2.24, 2.45) is 0 Å². The number of anilines is 1. The first kappa shape index (κ1) is 21.6. The van der Waals surface area contributed by atoms with Crippen molar-refractivity contribution in [3.8, 4) is 0 Å². The van der Waals surface area contributed by atoms with Crippen molar-refractivity contribution < 1.29 is 5.11 Å². The van der Waals surface area contributed by atoms with Gasteiger partial charge in [0, 0.05) is 11.1 Å². The molecule has 29 heavy (non-hydrogen) atoms. The lowest BCUT2D eigenvalue weighted by Gasteiger charge is -2.34. The van der Waals surface area contributed by atoms with Gasteiger partial charge in [0.15, 0.2) is 0 Å². The Balaban J connectivity index is 1.95. The van der Waals surface area contributed by atoms with E-state index in [4.69, 9.17) is 5.73 Å². The van der Waals surface area contributed by atoms with E-state index in [1.165, 1.54) is 28.7 Å². The van der Waals surface area contributed by atoms with E-state index in [1.807, 2.05) is 12.1 Å². The number of hydrogen-bond donors (Lipinski definition) is 2. The third kappa shape index (κ3) is 4.43. The normalized spacial score (nSPS) is 17.0. The molecule has 1 aliphatic carbocycles. The van der Waals surface area contributed by atoms with Crippen LogP contribution in [-0.2, 0) is 5.41 Å². The van der Waals surface area contributed by atoms with Crippen LogP contribution in [0.3, 0.4) is 0 Å². The number of hydrogen-bond acceptors (Lipinski definition) is 2. The monoisotopic (exact) mass is 391 g/mol. The predicted molar refractivity (Wildman–Crippen MR) is 125 cm³/mol. The number of nitrogen functional groups attached to an aromatic ring is 1. The molecule has 2 nitrogen and oxygen atoms in total. The first-order valence-corrected chi connectivity index (χ1v) is 11.2. The van der Waals surface area contributed by atoms with Gasteiger partial charge >= 0.3 is 0 Å². The Labute approximate surface area is 176 Å². The third-order valence-corrected chi connectivity index (χ3v) is 7.14. The molecule has 0 bridgehead atoms. The summed E-state index contributed by atoms with van der Waals surface area (Å²) in [6.45, 7) is 8.82. The van der Waals surface area contributed by atoms with Crippen molar-refractivity contribution in [2.45, 2.75) is 83.7 Å². The van der Waals surface area contributed by atoms with Gasteiger partial charge in [-0.2, -0.15) is 0 Å². The van der Waals surface area contributed by atoms with Gasteiger partial charge in [0.2, 0.25) is 0 Å². The third-order valence-electron chi connectivity index (χ3n) is 7.14. The van der Waals surface area contributed by atoms with Gasteiger partial charge < -0.3 is 10.8 Å². The van der Waals surface area contributed by atoms with Crippen molar-refractivity contribution in [3.63, 3.8) is 0 Å². The molecule has 3 rings (SSSR count). The highest BCUT2D eigenvalue weighted by Crippen LogP contribution is 2.40. The smallest absolute Gasteiger partial charge is 0.0830 e. The maximum atomic E-state index is 10.8. The zero-order valence-electron chi connectivity index (χ0n) is 18.6. The molecule has 0 atom stereocenters. The first-order chi connectivity index (χ1) is 13.8. The lowest BCUT2D eigenvalue weighted by atomic mass is 9.69. The number of aryl methyl sites for hydroxylation is 2. The second kappa shape index (κ2) is 8.75. The van der Waals surface area contributed by atoms with Crippen LogP contribution < -0.4 is 5.73 Å². The molecule has 0 aromatic heterocycles. The standard InChI is InChI=1S/C27H37NO/c1-5-27(6-2,24-12-13-25(28)21(4)19-24)23-11-10-22(20(3)18-23)14-17-26(29)15-8-7-9-16-26/h10-14,17-19,29H,5-9,15-16,28H2,1-4H3/b17-14+. The zero-order chi connectivity index (χ0) is 21.1. The molecule has 2 heteroatoms. The molecule has 1 saturated carbocycles. The molecule has 0 saturated heterocycles. The first-order valence-electron chi connectivity index (χ1n) is 11.2. The van der Waals surface area contributed by atoms with Gasteiger partial charge in [-0.05, 0) is 73.4 Å². The fourth-order valence-electron chi connectivity index (χ4n) is 4.94. The molecule has 1 aliphatic rings. The van der Waals surface area contributed by atoms with Crippen LogP contribution in [0.1, 0.15) is 86.6 Å². The number of nitrogens with two attached hydrogens (primary N) is 1. The van der Waals surface area contributed by atoms with Crippen LogP contribution in [0.4, 0.5) is 5.69 Å². The summed E-state index contributed by atoms with van der Waals surface area (Å²) in [4.78, 5) is 0. The van der Waals surface area contributed by atoms with Gasteiger partial charge in [0.05, 0.1) is 5.60 Å². The second-order valence-corrected chi connectivity index (χ2v) is 8.93. The molecular weight excluding hydrogens is 354 g/mol. The van der Waals surface area contributed by atoms with E-state index >= 15 is 0 Å². The summed E-state index contributed by atoms with van der Waals surface area (Å²) in [5.41, 5.74) is 12.6. The fraction of sp³-hybridized carbons (Fsp3) is 0.481. The quantitative estimate of drug-likeness (QED) is 0.538. The average molecular weight is 392 g/mol. The summed E-state index contributed by atoms with van der Waals surface area (Å²) < 4.78 is 0. The molecule has 0 spiro atoms. The average Bonchev–Trinajstić information content (AvgIpc) is 2.72. The minimum Gasteiger partial charge on any atom is -0.399 e. The molecule has 0 heterocycles. The summed E-state index contributed by atoms with van der Waals surface area (Å²) in [6, 6.07) is 13.3. The molecular formula is C27H37NO. The zero-order valence-corrected chi connectivity index (χ0v) is 18.6. The van der Waals surface area contributed by atoms with E-state index in [-0.39, 0.29) is 5.41 Å². The molecule has 0 radical (unpaired) electrons. The van der Waals surface area contributed by atoms with E-state index in [0.717, 1.165) is 49.8 Å². The van der Waals surface area contributed by atoms with Crippen LogP contribution in [0.15, 0.2) is 42.5 Å².